The van der Waals surface area contributed by atoms with Crippen LogP contribution in [0.2, 0.25) is 0 Å². The number of anilines is 5. The molecule has 0 spiro atoms. The standard InChI is InChI=1S/C22H22N8O2/c1-15(31)25-16-5-4-6-17(13-16)26-21-23-14-24-22(27-21)30-11-9-29(10-12-30)20-18-7-2-3-8-19(18)32-28-20/h2-8,13-14H,9-12H2,1H3,(H,25,31)(H,23,24,26,27). The van der Waals surface area contributed by atoms with E-state index < -0.39 is 0 Å². The number of amides is 1. The van der Waals surface area contributed by atoms with E-state index in [4.69, 9.17) is 4.52 Å². The Morgan fingerprint density at radius 3 is 2.59 bits per heavy atom. The van der Waals surface area contributed by atoms with Crippen LogP contribution in [0.1, 0.15) is 6.92 Å². The molecular formula is C22H22N8O2. The van der Waals surface area contributed by atoms with E-state index in [1.54, 1.807) is 0 Å². The molecule has 4 aromatic rings. The molecule has 1 aliphatic rings. The number of carbonyl (C=O) groups excluding carboxylic acids is 1. The summed E-state index contributed by atoms with van der Waals surface area (Å²) in [6, 6.07) is 15.3. The van der Waals surface area contributed by atoms with Crippen molar-refractivity contribution < 1.29 is 9.32 Å². The molecule has 0 atom stereocenters. The quantitative estimate of drug-likeness (QED) is 0.493. The summed E-state index contributed by atoms with van der Waals surface area (Å²) in [5.74, 6) is 1.81. The van der Waals surface area contributed by atoms with E-state index in [-0.39, 0.29) is 5.91 Å². The summed E-state index contributed by atoms with van der Waals surface area (Å²) in [4.78, 5) is 28.8. The van der Waals surface area contributed by atoms with Gasteiger partial charge in [0.15, 0.2) is 11.4 Å². The van der Waals surface area contributed by atoms with Gasteiger partial charge >= 0.3 is 0 Å². The molecule has 5 rings (SSSR count). The third-order valence-electron chi connectivity index (χ3n) is 5.22. The van der Waals surface area contributed by atoms with Gasteiger partial charge in [0.2, 0.25) is 17.8 Å². The van der Waals surface area contributed by atoms with Crippen molar-refractivity contribution in [2.45, 2.75) is 6.92 Å². The molecule has 1 fully saturated rings. The molecule has 0 bridgehead atoms. The number of nitrogens with zero attached hydrogens (tertiary/aromatic N) is 6. The maximum Gasteiger partial charge on any atom is 0.231 e. The summed E-state index contributed by atoms with van der Waals surface area (Å²) >= 11 is 0. The number of hydrogen-bond donors (Lipinski definition) is 2. The van der Waals surface area contributed by atoms with Crippen molar-refractivity contribution in [3.63, 3.8) is 0 Å². The number of rotatable bonds is 5. The van der Waals surface area contributed by atoms with E-state index in [1.807, 2.05) is 48.5 Å². The average Bonchev–Trinajstić information content (AvgIpc) is 3.23. The highest BCUT2D eigenvalue weighted by atomic mass is 16.5. The fraction of sp³-hybridized carbons (Fsp3) is 0.227. The minimum atomic E-state index is -0.123. The van der Waals surface area contributed by atoms with Gasteiger partial charge in [0.25, 0.3) is 0 Å². The number of piperazine rings is 1. The lowest BCUT2D eigenvalue weighted by Gasteiger charge is -2.34. The number of benzene rings is 2. The van der Waals surface area contributed by atoms with Crippen molar-refractivity contribution in [3.05, 3.63) is 54.9 Å². The van der Waals surface area contributed by atoms with Gasteiger partial charge in [0.05, 0.1) is 5.39 Å². The van der Waals surface area contributed by atoms with Crippen LogP contribution in [0, 0.1) is 0 Å². The Labute approximate surface area is 184 Å². The van der Waals surface area contributed by atoms with Crippen LogP contribution >= 0.6 is 0 Å². The van der Waals surface area contributed by atoms with Crippen LogP contribution in [0.4, 0.5) is 29.1 Å². The first-order valence-electron chi connectivity index (χ1n) is 10.3. The molecular weight excluding hydrogens is 408 g/mol. The summed E-state index contributed by atoms with van der Waals surface area (Å²) in [7, 11) is 0. The van der Waals surface area contributed by atoms with Crippen molar-refractivity contribution in [3.8, 4) is 0 Å². The van der Waals surface area contributed by atoms with Gasteiger partial charge in [-0.2, -0.15) is 4.98 Å². The summed E-state index contributed by atoms with van der Waals surface area (Å²) in [5.41, 5.74) is 2.27. The topological polar surface area (TPSA) is 112 Å². The first kappa shape index (κ1) is 19.7. The van der Waals surface area contributed by atoms with Crippen LogP contribution < -0.4 is 20.4 Å². The van der Waals surface area contributed by atoms with Gasteiger partial charge in [0, 0.05) is 44.5 Å². The fourth-order valence-electron chi connectivity index (χ4n) is 3.73. The number of fused-ring (bicyclic) bond motifs is 1. The minimum absolute atomic E-state index is 0.123. The minimum Gasteiger partial charge on any atom is -0.354 e. The van der Waals surface area contributed by atoms with Crippen LogP contribution in [0.25, 0.3) is 11.0 Å². The first-order chi connectivity index (χ1) is 15.7. The van der Waals surface area contributed by atoms with Gasteiger partial charge in [-0.15, -0.1) is 0 Å². The Morgan fingerprint density at radius 1 is 0.969 bits per heavy atom. The molecule has 1 amide bonds. The van der Waals surface area contributed by atoms with E-state index >= 15 is 0 Å². The predicted octanol–water partition coefficient (Wildman–Crippen LogP) is 3.04. The van der Waals surface area contributed by atoms with Crippen LogP contribution in [0.3, 0.4) is 0 Å². The molecule has 10 heteroatoms. The summed E-state index contributed by atoms with van der Waals surface area (Å²) in [5, 5.41) is 11.2. The maximum absolute atomic E-state index is 11.3. The Balaban J connectivity index is 1.26. The largest absolute Gasteiger partial charge is 0.354 e. The van der Waals surface area contributed by atoms with Gasteiger partial charge in [0.1, 0.15) is 6.33 Å². The SMILES string of the molecule is CC(=O)Nc1cccc(Nc2ncnc(N3CCN(c4noc5ccccc45)CC3)n2)c1. The molecule has 1 aliphatic heterocycles. The molecule has 0 unspecified atom stereocenters. The molecule has 0 radical (unpaired) electrons. The lowest BCUT2D eigenvalue weighted by atomic mass is 10.2. The van der Waals surface area contributed by atoms with E-state index in [1.165, 1.54) is 13.3 Å². The van der Waals surface area contributed by atoms with E-state index in [0.717, 1.165) is 48.7 Å². The Hall–Kier alpha value is -4.21. The summed E-state index contributed by atoms with van der Waals surface area (Å²) in [6.07, 6.45) is 1.50. The highest BCUT2D eigenvalue weighted by Gasteiger charge is 2.23. The summed E-state index contributed by atoms with van der Waals surface area (Å²) in [6.45, 7) is 4.54. The molecule has 10 nitrogen and oxygen atoms in total. The van der Waals surface area contributed by atoms with Crippen molar-refractivity contribution in [1.29, 1.82) is 0 Å². The number of hydrogen-bond acceptors (Lipinski definition) is 9. The van der Waals surface area contributed by atoms with E-state index in [2.05, 4.69) is 40.5 Å². The summed E-state index contributed by atoms with van der Waals surface area (Å²) < 4.78 is 5.45. The molecule has 0 aliphatic carbocycles. The average molecular weight is 430 g/mol. The third-order valence-corrected chi connectivity index (χ3v) is 5.22. The lowest BCUT2D eigenvalue weighted by molar-refractivity contribution is -0.114. The van der Waals surface area contributed by atoms with Gasteiger partial charge in [-0.25, -0.2) is 9.97 Å². The van der Waals surface area contributed by atoms with Crippen molar-refractivity contribution in [2.24, 2.45) is 0 Å². The van der Waals surface area contributed by atoms with Crippen molar-refractivity contribution in [2.75, 3.05) is 46.6 Å². The normalized spacial score (nSPS) is 13.9. The Kier molecular flexibility index (Phi) is 5.24. The monoisotopic (exact) mass is 430 g/mol. The molecule has 3 heterocycles. The van der Waals surface area contributed by atoms with E-state index in [9.17, 15) is 4.79 Å². The van der Waals surface area contributed by atoms with Crippen molar-refractivity contribution in [1.82, 2.24) is 20.1 Å². The molecule has 32 heavy (non-hydrogen) atoms. The van der Waals surface area contributed by atoms with Gasteiger partial charge in [-0.3, -0.25) is 4.79 Å². The maximum atomic E-state index is 11.3. The van der Waals surface area contributed by atoms with Crippen LogP contribution in [-0.2, 0) is 4.79 Å². The zero-order valence-electron chi connectivity index (χ0n) is 17.5. The van der Waals surface area contributed by atoms with Crippen molar-refractivity contribution >= 4 is 46.0 Å². The van der Waals surface area contributed by atoms with E-state index in [0.29, 0.717) is 17.6 Å². The second-order valence-electron chi connectivity index (χ2n) is 7.47. The van der Waals surface area contributed by atoms with Gasteiger partial charge in [-0.05, 0) is 30.3 Å². The zero-order chi connectivity index (χ0) is 21.9. The smallest absolute Gasteiger partial charge is 0.231 e. The highest BCUT2D eigenvalue weighted by molar-refractivity contribution is 5.89. The Bertz CT molecular complexity index is 1250. The second kappa shape index (κ2) is 8.50. The number of carbonyl (C=O) groups is 1. The highest BCUT2D eigenvalue weighted by Crippen LogP contribution is 2.27. The van der Waals surface area contributed by atoms with Gasteiger partial charge < -0.3 is 25.0 Å². The molecule has 2 aromatic carbocycles. The fourth-order valence-corrected chi connectivity index (χ4v) is 3.73. The molecule has 1 saturated heterocycles. The lowest BCUT2D eigenvalue weighted by Crippen LogP contribution is -2.47. The third kappa shape index (κ3) is 4.15. The predicted molar refractivity (Wildman–Crippen MR) is 122 cm³/mol. The zero-order valence-corrected chi connectivity index (χ0v) is 17.5. The number of para-hydroxylation sites is 1. The Morgan fingerprint density at radius 2 is 1.75 bits per heavy atom. The molecule has 0 saturated carbocycles. The second-order valence-corrected chi connectivity index (χ2v) is 7.47. The van der Waals surface area contributed by atoms with Gasteiger partial charge in [-0.1, -0.05) is 23.4 Å². The number of nitrogens with one attached hydrogen (secondary N) is 2. The molecule has 2 aromatic heterocycles. The van der Waals surface area contributed by atoms with Crippen LogP contribution in [0.15, 0.2) is 59.4 Å². The molecule has 2 N–H and O–H groups in total. The van der Waals surface area contributed by atoms with Crippen LogP contribution in [0.5, 0.6) is 0 Å². The number of aromatic nitrogens is 4. The molecule has 162 valence electrons. The first-order valence-corrected chi connectivity index (χ1v) is 10.3. The van der Waals surface area contributed by atoms with Crippen LogP contribution in [-0.4, -0.2) is 52.2 Å².